The van der Waals surface area contributed by atoms with Crippen LogP contribution in [0.25, 0.3) is 0 Å². The second-order valence-corrected chi connectivity index (χ2v) is 5.57. The molecule has 1 nitrogen and oxygen atoms in total. The Morgan fingerprint density at radius 1 is 1.10 bits per heavy atom. The van der Waals surface area contributed by atoms with Crippen molar-refractivity contribution in [3.63, 3.8) is 0 Å². The summed E-state index contributed by atoms with van der Waals surface area (Å²) in [6, 6.07) is 15.1. The van der Waals surface area contributed by atoms with E-state index in [0.29, 0.717) is 10.6 Å². The van der Waals surface area contributed by atoms with Crippen molar-refractivity contribution in [2.75, 3.05) is 6.54 Å². The summed E-state index contributed by atoms with van der Waals surface area (Å²) in [5, 5.41) is 3.91. The predicted octanol–water partition coefficient (Wildman–Crippen LogP) is 5.15. The molecule has 0 radical (unpaired) electrons. The lowest BCUT2D eigenvalue weighted by Gasteiger charge is -2.21. The van der Waals surface area contributed by atoms with Crippen molar-refractivity contribution < 1.29 is 4.39 Å². The van der Waals surface area contributed by atoms with Gasteiger partial charge in [-0.05, 0) is 43.5 Å². The number of hydrogen-bond donors (Lipinski definition) is 1. The Balaban J connectivity index is 2.14. The maximum absolute atomic E-state index is 14.1. The molecular weight excluding hydrogens is 285 g/mol. The summed E-state index contributed by atoms with van der Waals surface area (Å²) in [5.41, 5.74) is 1.84. The molecule has 0 aliphatic heterocycles. The summed E-state index contributed by atoms with van der Waals surface area (Å²) in [5.74, 6) is -0.232. The lowest BCUT2D eigenvalue weighted by atomic mass is 9.98. The Bertz CT molecular complexity index is 536. The van der Waals surface area contributed by atoms with Crippen LogP contribution in [0, 0.1) is 5.82 Å². The third kappa shape index (κ3) is 4.55. The first-order chi connectivity index (χ1) is 10.2. The van der Waals surface area contributed by atoms with E-state index in [9.17, 15) is 4.39 Å². The first-order valence-electron chi connectivity index (χ1n) is 7.43. The second kappa shape index (κ2) is 8.16. The largest absolute Gasteiger partial charge is 0.310 e. The molecule has 0 aliphatic carbocycles. The smallest absolute Gasteiger partial charge is 0.129 e. The minimum Gasteiger partial charge on any atom is -0.310 e. The highest BCUT2D eigenvalue weighted by atomic mass is 35.5. The average Bonchev–Trinajstić information content (AvgIpc) is 2.50. The van der Waals surface area contributed by atoms with Gasteiger partial charge in [0, 0.05) is 16.6 Å². The van der Waals surface area contributed by atoms with E-state index in [2.05, 4.69) is 24.4 Å². The van der Waals surface area contributed by atoms with Crippen LogP contribution in [0.3, 0.4) is 0 Å². The summed E-state index contributed by atoms with van der Waals surface area (Å²) in [7, 11) is 0. The number of aryl methyl sites for hydroxylation is 1. The summed E-state index contributed by atoms with van der Waals surface area (Å²) in [6.45, 7) is 2.95. The normalized spacial score (nSPS) is 12.3. The van der Waals surface area contributed by atoms with E-state index in [1.807, 2.05) is 18.2 Å². The molecule has 2 aromatic carbocycles. The van der Waals surface area contributed by atoms with E-state index >= 15 is 0 Å². The maximum Gasteiger partial charge on any atom is 0.129 e. The van der Waals surface area contributed by atoms with E-state index < -0.39 is 0 Å². The van der Waals surface area contributed by atoms with Crippen molar-refractivity contribution in [1.82, 2.24) is 5.32 Å². The predicted molar refractivity (Wildman–Crippen MR) is 87.2 cm³/mol. The van der Waals surface area contributed by atoms with Crippen LogP contribution in [0.4, 0.5) is 4.39 Å². The standard InChI is InChI=1S/C18H21ClFN/c1-2-13-21-17(12-11-14-7-4-3-5-8-14)18-15(19)9-6-10-16(18)20/h3-10,17,21H,2,11-13H2,1H3. The molecule has 1 unspecified atom stereocenters. The third-order valence-corrected chi connectivity index (χ3v) is 3.88. The van der Waals surface area contributed by atoms with Gasteiger partial charge in [-0.15, -0.1) is 0 Å². The molecule has 0 bridgehead atoms. The Morgan fingerprint density at radius 2 is 1.86 bits per heavy atom. The molecule has 0 saturated carbocycles. The summed E-state index contributed by atoms with van der Waals surface area (Å²) >= 11 is 6.20. The number of rotatable bonds is 7. The zero-order valence-electron chi connectivity index (χ0n) is 12.3. The average molecular weight is 306 g/mol. The van der Waals surface area contributed by atoms with Crippen molar-refractivity contribution in [1.29, 1.82) is 0 Å². The van der Waals surface area contributed by atoms with Gasteiger partial charge in [0.1, 0.15) is 5.82 Å². The van der Waals surface area contributed by atoms with Crippen LogP contribution in [-0.2, 0) is 6.42 Å². The molecular formula is C18H21ClFN. The monoisotopic (exact) mass is 305 g/mol. The van der Waals surface area contributed by atoms with Crippen LogP contribution in [0.1, 0.15) is 36.9 Å². The molecule has 1 N–H and O–H groups in total. The number of halogens is 2. The van der Waals surface area contributed by atoms with Gasteiger partial charge in [-0.3, -0.25) is 0 Å². The van der Waals surface area contributed by atoms with Gasteiger partial charge in [-0.2, -0.15) is 0 Å². The van der Waals surface area contributed by atoms with E-state index in [4.69, 9.17) is 11.6 Å². The Morgan fingerprint density at radius 3 is 2.52 bits per heavy atom. The lowest BCUT2D eigenvalue weighted by molar-refractivity contribution is 0.474. The molecule has 0 amide bonds. The number of nitrogens with one attached hydrogen (secondary N) is 1. The van der Waals surface area contributed by atoms with Crippen molar-refractivity contribution in [3.8, 4) is 0 Å². The molecule has 0 fully saturated rings. The topological polar surface area (TPSA) is 12.0 Å². The highest BCUT2D eigenvalue weighted by Crippen LogP contribution is 2.29. The third-order valence-electron chi connectivity index (χ3n) is 3.55. The molecule has 0 aromatic heterocycles. The van der Waals surface area contributed by atoms with Crippen molar-refractivity contribution in [2.24, 2.45) is 0 Å². The van der Waals surface area contributed by atoms with Gasteiger partial charge >= 0.3 is 0 Å². The molecule has 2 rings (SSSR count). The number of hydrogen-bond acceptors (Lipinski definition) is 1. The molecule has 0 heterocycles. The van der Waals surface area contributed by atoms with E-state index in [1.165, 1.54) is 11.6 Å². The summed E-state index contributed by atoms with van der Waals surface area (Å²) in [4.78, 5) is 0. The van der Waals surface area contributed by atoms with Crippen molar-refractivity contribution >= 4 is 11.6 Å². The molecule has 1 atom stereocenters. The van der Waals surface area contributed by atoms with Crippen LogP contribution in [0.2, 0.25) is 5.02 Å². The maximum atomic E-state index is 14.1. The van der Waals surface area contributed by atoms with E-state index in [0.717, 1.165) is 25.8 Å². The van der Waals surface area contributed by atoms with Gasteiger partial charge in [-0.1, -0.05) is 54.9 Å². The zero-order chi connectivity index (χ0) is 15.1. The minimum absolute atomic E-state index is 0.0566. The van der Waals surface area contributed by atoms with Crippen LogP contribution < -0.4 is 5.32 Å². The van der Waals surface area contributed by atoms with Crippen molar-refractivity contribution in [2.45, 2.75) is 32.2 Å². The molecule has 0 spiro atoms. The fourth-order valence-corrected chi connectivity index (χ4v) is 2.76. The quantitative estimate of drug-likeness (QED) is 0.745. The first kappa shape index (κ1) is 16.0. The second-order valence-electron chi connectivity index (χ2n) is 5.17. The fraction of sp³-hybridized carbons (Fsp3) is 0.333. The highest BCUT2D eigenvalue weighted by molar-refractivity contribution is 6.31. The van der Waals surface area contributed by atoms with Crippen LogP contribution in [-0.4, -0.2) is 6.54 Å². The van der Waals surface area contributed by atoms with Gasteiger partial charge in [0.2, 0.25) is 0 Å². The first-order valence-corrected chi connectivity index (χ1v) is 7.81. The fourth-order valence-electron chi connectivity index (χ4n) is 2.47. The molecule has 2 aromatic rings. The van der Waals surface area contributed by atoms with Gasteiger partial charge in [0.25, 0.3) is 0 Å². The number of benzene rings is 2. The van der Waals surface area contributed by atoms with Gasteiger partial charge in [0.05, 0.1) is 0 Å². The molecule has 112 valence electrons. The minimum atomic E-state index is -0.232. The van der Waals surface area contributed by atoms with E-state index in [-0.39, 0.29) is 11.9 Å². The lowest BCUT2D eigenvalue weighted by Crippen LogP contribution is -2.24. The SMILES string of the molecule is CCCNC(CCc1ccccc1)c1c(F)cccc1Cl. The molecule has 0 saturated heterocycles. The summed E-state index contributed by atoms with van der Waals surface area (Å²) in [6.07, 6.45) is 2.73. The summed E-state index contributed by atoms with van der Waals surface area (Å²) < 4.78 is 14.1. The molecule has 21 heavy (non-hydrogen) atoms. The van der Waals surface area contributed by atoms with Gasteiger partial charge in [-0.25, -0.2) is 4.39 Å². The Hall–Kier alpha value is -1.38. The van der Waals surface area contributed by atoms with Crippen LogP contribution in [0.5, 0.6) is 0 Å². The molecule has 0 aliphatic rings. The van der Waals surface area contributed by atoms with Gasteiger partial charge in [0.15, 0.2) is 0 Å². The van der Waals surface area contributed by atoms with Gasteiger partial charge < -0.3 is 5.32 Å². The highest BCUT2D eigenvalue weighted by Gasteiger charge is 2.18. The van der Waals surface area contributed by atoms with Crippen molar-refractivity contribution in [3.05, 3.63) is 70.5 Å². The Labute approximate surface area is 131 Å². The zero-order valence-corrected chi connectivity index (χ0v) is 13.0. The van der Waals surface area contributed by atoms with Crippen LogP contribution in [0.15, 0.2) is 48.5 Å². The Kier molecular flexibility index (Phi) is 6.21. The van der Waals surface area contributed by atoms with E-state index in [1.54, 1.807) is 12.1 Å². The van der Waals surface area contributed by atoms with Crippen LogP contribution >= 0.6 is 11.6 Å². The molecule has 3 heteroatoms.